The van der Waals surface area contributed by atoms with E-state index in [1.807, 2.05) is 18.2 Å². The van der Waals surface area contributed by atoms with E-state index in [4.69, 9.17) is 0 Å². The van der Waals surface area contributed by atoms with E-state index in [1.165, 1.54) is 0 Å². The third-order valence-corrected chi connectivity index (χ3v) is 6.96. The molecule has 0 spiro atoms. The highest BCUT2D eigenvalue weighted by atomic mass is 32.3. The molecule has 0 bridgehead atoms. The summed E-state index contributed by atoms with van der Waals surface area (Å²) in [6.07, 6.45) is 3.28. The third-order valence-electron chi connectivity index (χ3n) is 5.36. The normalized spacial score (nSPS) is 14.3. The first-order valence-corrected chi connectivity index (χ1v) is 11.1. The van der Waals surface area contributed by atoms with Crippen molar-refractivity contribution in [2.24, 2.45) is 7.05 Å². The first-order chi connectivity index (χ1) is 14.8. The molecule has 0 saturated heterocycles. The molecule has 4 aromatic rings. The molecule has 2 aromatic heterocycles. The highest BCUT2D eigenvalue weighted by molar-refractivity contribution is 7.96. The molecule has 8 heteroatoms. The summed E-state index contributed by atoms with van der Waals surface area (Å²) >= 11 is 0. The summed E-state index contributed by atoms with van der Waals surface area (Å²) in [4.78, 5) is 16.1. The molecule has 2 N–H and O–H groups in total. The van der Waals surface area contributed by atoms with Gasteiger partial charge in [0.2, 0.25) is 4.90 Å². The molecule has 0 aliphatic carbocycles. The summed E-state index contributed by atoms with van der Waals surface area (Å²) in [5.74, 6) is -1.28. The number of fused-ring (bicyclic) bond motifs is 1. The van der Waals surface area contributed by atoms with Crippen LogP contribution in [0.2, 0.25) is 0 Å². The number of aromatic nitrogens is 2. The SMILES string of the molecule is Cc1c([S+](=O)([O-])NC(C(=O)O)c2cccc(-c3ccncc3)c2)c2ccccc2n1C. The minimum atomic E-state index is -4.13. The predicted octanol–water partition coefficient (Wildman–Crippen LogP) is 3.87. The van der Waals surface area contributed by atoms with Crippen molar-refractivity contribution in [3.63, 3.8) is 0 Å². The third kappa shape index (κ3) is 3.88. The van der Waals surface area contributed by atoms with Crippen molar-refractivity contribution in [2.45, 2.75) is 17.9 Å². The molecule has 4 rings (SSSR count). The van der Waals surface area contributed by atoms with Crippen molar-refractivity contribution in [3.8, 4) is 11.1 Å². The van der Waals surface area contributed by atoms with E-state index in [-0.39, 0.29) is 4.90 Å². The van der Waals surface area contributed by atoms with Crippen LogP contribution < -0.4 is 4.72 Å². The Hall–Kier alpha value is -3.33. The molecule has 2 atom stereocenters. The Balaban J connectivity index is 1.76. The Morgan fingerprint density at radius 1 is 1.10 bits per heavy atom. The van der Waals surface area contributed by atoms with Crippen LogP contribution in [0.4, 0.5) is 0 Å². The fourth-order valence-corrected chi connectivity index (χ4v) is 5.40. The van der Waals surface area contributed by atoms with Gasteiger partial charge in [-0.25, -0.2) is 4.79 Å². The minimum absolute atomic E-state index is 0.0853. The number of hydrogen-bond donors (Lipinski definition) is 2. The lowest BCUT2D eigenvalue weighted by molar-refractivity contribution is -0.139. The van der Waals surface area contributed by atoms with Gasteiger partial charge in [-0.05, 0) is 53.9 Å². The summed E-state index contributed by atoms with van der Waals surface area (Å²) in [6, 6.07) is 16.1. The van der Waals surface area contributed by atoms with E-state index in [9.17, 15) is 18.7 Å². The van der Waals surface area contributed by atoms with Gasteiger partial charge in [-0.3, -0.25) is 4.98 Å². The van der Waals surface area contributed by atoms with Gasteiger partial charge in [0.1, 0.15) is 0 Å². The zero-order chi connectivity index (χ0) is 22.2. The number of aliphatic carboxylic acids is 1. The molecule has 2 unspecified atom stereocenters. The molecule has 2 aromatic carbocycles. The molecule has 0 aliphatic rings. The lowest BCUT2D eigenvalue weighted by Gasteiger charge is -2.21. The summed E-state index contributed by atoms with van der Waals surface area (Å²) in [6.45, 7) is 1.70. The number of hydrogen-bond acceptors (Lipinski definition) is 4. The number of nitrogens with one attached hydrogen (secondary N) is 1. The molecule has 0 fully saturated rings. The summed E-state index contributed by atoms with van der Waals surface area (Å²) < 4.78 is 30.8. The maximum Gasteiger partial charge on any atom is 0.329 e. The number of benzene rings is 2. The number of carbonyl (C=O) groups is 1. The first-order valence-electron chi connectivity index (χ1n) is 9.59. The molecule has 2 heterocycles. The number of rotatable bonds is 6. The largest absolute Gasteiger partial charge is 0.593 e. The summed E-state index contributed by atoms with van der Waals surface area (Å²) in [5.41, 5.74) is 3.25. The maximum absolute atomic E-state index is 13.3. The Labute approximate surface area is 180 Å². The van der Waals surface area contributed by atoms with Gasteiger partial charge in [0.25, 0.3) is 0 Å². The smallest absolute Gasteiger partial charge is 0.329 e. The summed E-state index contributed by atoms with van der Waals surface area (Å²) in [5, 5.41) is 10.4. The average molecular weight is 436 g/mol. The maximum atomic E-state index is 13.3. The van der Waals surface area contributed by atoms with E-state index in [0.717, 1.165) is 16.6 Å². The van der Waals surface area contributed by atoms with Crippen molar-refractivity contribution < 1.29 is 18.7 Å². The van der Waals surface area contributed by atoms with E-state index in [2.05, 4.69) is 9.71 Å². The second kappa shape index (κ2) is 8.07. The minimum Gasteiger partial charge on any atom is -0.593 e. The van der Waals surface area contributed by atoms with Crippen molar-refractivity contribution in [1.29, 1.82) is 0 Å². The highest BCUT2D eigenvalue weighted by Crippen LogP contribution is 2.33. The molecule has 0 saturated carbocycles. The van der Waals surface area contributed by atoms with Gasteiger partial charge in [0.15, 0.2) is 16.4 Å². The molecule has 0 radical (unpaired) electrons. The lowest BCUT2D eigenvalue weighted by atomic mass is 10.0. The first kappa shape index (κ1) is 20.9. The Morgan fingerprint density at radius 3 is 2.52 bits per heavy atom. The zero-order valence-corrected chi connectivity index (χ0v) is 17.8. The van der Waals surface area contributed by atoms with E-state index in [1.54, 1.807) is 73.4 Å². The molecule has 158 valence electrons. The van der Waals surface area contributed by atoms with Crippen LogP contribution in [0, 0.1) is 6.92 Å². The fraction of sp³-hybridized carbons (Fsp3) is 0.130. The number of pyridine rings is 1. The van der Waals surface area contributed by atoms with Crippen molar-refractivity contribution in [3.05, 3.63) is 84.3 Å². The van der Waals surface area contributed by atoms with Gasteiger partial charge in [-0.2, -0.15) is 0 Å². The topological polar surface area (TPSA) is 107 Å². The van der Waals surface area contributed by atoms with Crippen LogP contribution in [0.15, 0.2) is 78.0 Å². The number of nitrogens with zero attached hydrogens (tertiary/aromatic N) is 2. The van der Waals surface area contributed by atoms with Crippen molar-refractivity contribution in [2.75, 3.05) is 0 Å². The Bertz CT molecular complexity index is 1320. The monoisotopic (exact) mass is 435 g/mol. The fourth-order valence-electron chi connectivity index (χ4n) is 3.74. The zero-order valence-electron chi connectivity index (χ0n) is 17.0. The molecule has 31 heavy (non-hydrogen) atoms. The number of carboxylic acid groups (broad SMARTS) is 1. The van der Waals surface area contributed by atoms with Gasteiger partial charge in [-0.1, -0.05) is 34.5 Å². The molecular weight excluding hydrogens is 414 g/mol. The van der Waals surface area contributed by atoms with Crippen LogP contribution in [0.5, 0.6) is 0 Å². The molecule has 7 nitrogen and oxygen atoms in total. The number of para-hydroxylation sites is 1. The Morgan fingerprint density at radius 2 is 1.81 bits per heavy atom. The van der Waals surface area contributed by atoms with E-state index < -0.39 is 22.4 Å². The van der Waals surface area contributed by atoms with Crippen LogP contribution in [0.25, 0.3) is 22.0 Å². The molecular formula is C23H21N3O4S. The lowest BCUT2D eigenvalue weighted by Crippen LogP contribution is -2.38. The van der Waals surface area contributed by atoms with Crippen LogP contribution >= 0.6 is 0 Å². The van der Waals surface area contributed by atoms with Crippen LogP contribution in [0.1, 0.15) is 17.3 Å². The van der Waals surface area contributed by atoms with E-state index >= 15 is 0 Å². The highest BCUT2D eigenvalue weighted by Gasteiger charge is 2.35. The van der Waals surface area contributed by atoms with Gasteiger partial charge >= 0.3 is 5.97 Å². The summed E-state index contributed by atoms with van der Waals surface area (Å²) in [7, 11) is -2.35. The average Bonchev–Trinajstić information content (AvgIpc) is 3.04. The van der Waals surface area contributed by atoms with Gasteiger partial charge in [0.05, 0.1) is 16.6 Å². The van der Waals surface area contributed by atoms with Crippen molar-refractivity contribution in [1.82, 2.24) is 14.3 Å². The molecule has 0 aliphatic heterocycles. The number of carboxylic acids is 1. The van der Waals surface area contributed by atoms with Crippen LogP contribution in [0.3, 0.4) is 0 Å². The quantitative estimate of drug-likeness (QED) is 0.447. The van der Waals surface area contributed by atoms with E-state index in [0.29, 0.717) is 16.6 Å². The standard InChI is InChI=1S/C23H21N3O4S/c1-15-22(19-8-3-4-9-20(19)26(15)2)31(29,30)25-21(23(27)28)18-7-5-6-17(14-18)16-10-12-24-13-11-16/h3-14,21H,1-2H3,(H2-,25,27,28,29,30). The second-order valence-corrected chi connectivity index (χ2v) is 8.90. The second-order valence-electron chi connectivity index (χ2n) is 7.24. The number of aryl methyl sites for hydroxylation is 1. The van der Waals surface area contributed by atoms with Crippen molar-refractivity contribution >= 4 is 27.3 Å². The number of sulfonamides is 1. The van der Waals surface area contributed by atoms with Crippen LogP contribution in [-0.2, 0) is 26.5 Å². The van der Waals surface area contributed by atoms with Crippen LogP contribution in [-0.4, -0.2) is 25.2 Å². The molecule has 0 amide bonds. The predicted molar refractivity (Wildman–Crippen MR) is 118 cm³/mol. The van der Waals surface area contributed by atoms with Gasteiger partial charge < -0.3 is 14.2 Å². The Kier molecular flexibility index (Phi) is 5.45. The van der Waals surface area contributed by atoms with Gasteiger partial charge in [-0.15, -0.1) is 4.72 Å². The van der Waals surface area contributed by atoms with Gasteiger partial charge in [0, 0.05) is 19.4 Å².